The van der Waals surface area contributed by atoms with Gasteiger partial charge in [-0.15, -0.1) is 11.3 Å². The molecule has 40 heavy (non-hydrogen) atoms. The molecule has 0 aromatic carbocycles. The third kappa shape index (κ3) is 6.70. The van der Waals surface area contributed by atoms with Crippen LogP contribution in [0.2, 0.25) is 0 Å². The largest absolute Gasteiger partial charge is 0.369 e. The van der Waals surface area contributed by atoms with E-state index in [0.29, 0.717) is 35.1 Å². The molecule has 3 N–H and O–H groups in total. The number of thiophene rings is 1. The van der Waals surface area contributed by atoms with E-state index in [0.717, 1.165) is 78.2 Å². The van der Waals surface area contributed by atoms with Gasteiger partial charge in [-0.1, -0.05) is 27.2 Å². The molecular weight excluding hydrogens is 514 g/mol. The van der Waals surface area contributed by atoms with Crippen molar-refractivity contribution in [2.75, 3.05) is 14.1 Å². The Kier molecular flexibility index (Phi) is 9.91. The number of nitrogens with one attached hydrogen (secondary N) is 1. The van der Waals surface area contributed by atoms with Gasteiger partial charge in [0.05, 0.1) is 17.6 Å². The van der Waals surface area contributed by atoms with Crippen molar-refractivity contribution in [3.8, 4) is 6.07 Å². The number of nitrogens with zero attached hydrogens (tertiary/aromatic N) is 5. The fourth-order valence-electron chi connectivity index (χ4n) is 6.08. The molecular formula is C32H45N7S. The van der Waals surface area contributed by atoms with E-state index in [4.69, 9.17) is 10.7 Å². The van der Waals surface area contributed by atoms with E-state index < -0.39 is 0 Å². The molecule has 214 valence electrons. The van der Waals surface area contributed by atoms with Gasteiger partial charge in [-0.3, -0.25) is 0 Å². The molecule has 0 saturated heterocycles. The van der Waals surface area contributed by atoms with Crippen molar-refractivity contribution in [2.24, 2.45) is 28.5 Å². The van der Waals surface area contributed by atoms with Crippen molar-refractivity contribution in [3.63, 3.8) is 0 Å². The van der Waals surface area contributed by atoms with E-state index in [1.54, 1.807) is 17.7 Å². The molecule has 0 aliphatic heterocycles. The summed E-state index contributed by atoms with van der Waals surface area (Å²) in [4.78, 5) is 17.2. The minimum atomic E-state index is -0.0900. The van der Waals surface area contributed by atoms with E-state index in [1.807, 2.05) is 31.3 Å². The van der Waals surface area contributed by atoms with Crippen LogP contribution < -0.4 is 5.73 Å². The number of fused-ring (bicyclic) bond motifs is 1. The molecule has 2 heterocycles. The molecule has 5 atom stereocenters. The van der Waals surface area contributed by atoms with Gasteiger partial charge in [-0.2, -0.15) is 5.26 Å². The first kappa shape index (κ1) is 30.1. The number of allylic oxidation sites excluding steroid dienone is 2. The van der Waals surface area contributed by atoms with Crippen molar-refractivity contribution >= 4 is 34.0 Å². The van der Waals surface area contributed by atoms with Gasteiger partial charge < -0.3 is 16.0 Å². The average Bonchev–Trinajstić information content (AvgIpc) is 3.33. The van der Waals surface area contributed by atoms with E-state index >= 15 is 0 Å². The zero-order valence-electron chi connectivity index (χ0n) is 25.0. The molecule has 2 aromatic rings. The zero-order chi connectivity index (χ0) is 29.0. The van der Waals surface area contributed by atoms with Gasteiger partial charge in [0.2, 0.25) is 0 Å². The summed E-state index contributed by atoms with van der Waals surface area (Å²) >= 11 is 1.61. The van der Waals surface area contributed by atoms with Crippen molar-refractivity contribution < 1.29 is 0 Å². The smallest absolute Gasteiger partial charge is 0.136 e. The number of hydrogen-bond donors (Lipinski definition) is 2. The lowest BCUT2D eigenvalue weighted by molar-refractivity contribution is 0.444. The van der Waals surface area contributed by atoms with Gasteiger partial charge in [-0.05, 0) is 86.0 Å². The normalized spacial score (nSPS) is 23.4. The van der Waals surface area contributed by atoms with Gasteiger partial charge in [0.15, 0.2) is 0 Å². The Balaban J connectivity index is 1.58. The lowest BCUT2D eigenvalue weighted by Crippen LogP contribution is -2.20. The zero-order valence-corrected chi connectivity index (χ0v) is 25.8. The third-order valence-electron chi connectivity index (χ3n) is 8.65. The summed E-state index contributed by atoms with van der Waals surface area (Å²) in [6, 6.07) is 4.78. The van der Waals surface area contributed by atoms with Crippen LogP contribution in [-0.4, -0.2) is 47.1 Å². The number of aliphatic imine (C=N–C) groups is 1. The number of aromatic nitrogens is 2. The summed E-state index contributed by atoms with van der Waals surface area (Å²) in [5, 5.41) is 20.3. The van der Waals surface area contributed by atoms with Crippen LogP contribution in [0, 0.1) is 34.5 Å². The Morgan fingerprint density at radius 3 is 2.80 bits per heavy atom. The molecule has 8 heteroatoms. The molecule has 0 spiro atoms. The quantitative estimate of drug-likeness (QED) is 0.217. The maximum absolute atomic E-state index is 10.1. The van der Waals surface area contributed by atoms with Crippen LogP contribution >= 0.6 is 11.3 Å². The lowest BCUT2D eigenvalue weighted by Gasteiger charge is -2.26. The van der Waals surface area contributed by atoms with Gasteiger partial charge in [-0.25, -0.2) is 15.0 Å². The first-order valence-electron chi connectivity index (χ1n) is 14.8. The minimum Gasteiger partial charge on any atom is -0.369 e. The van der Waals surface area contributed by atoms with Crippen LogP contribution in [0.5, 0.6) is 0 Å². The first-order chi connectivity index (χ1) is 19.2. The van der Waals surface area contributed by atoms with Crippen LogP contribution in [0.15, 0.2) is 22.8 Å². The van der Waals surface area contributed by atoms with Gasteiger partial charge in [0.25, 0.3) is 0 Å². The van der Waals surface area contributed by atoms with E-state index in [1.165, 1.54) is 11.3 Å². The average molecular weight is 560 g/mol. The van der Waals surface area contributed by atoms with E-state index in [9.17, 15) is 10.7 Å². The molecule has 0 radical (unpaired) electrons. The Morgan fingerprint density at radius 1 is 1.40 bits per heavy atom. The van der Waals surface area contributed by atoms with E-state index in [-0.39, 0.29) is 5.92 Å². The highest BCUT2D eigenvalue weighted by Crippen LogP contribution is 2.46. The van der Waals surface area contributed by atoms with Crippen molar-refractivity contribution in [2.45, 2.75) is 91.0 Å². The van der Waals surface area contributed by atoms with Crippen molar-refractivity contribution in [3.05, 3.63) is 45.4 Å². The maximum Gasteiger partial charge on any atom is 0.136 e. The predicted octanol–water partition coefficient (Wildman–Crippen LogP) is 6.90. The van der Waals surface area contributed by atoms with Crippen molar-refractivity contribution in [1.29, 1.82) is 10.7 Å². The summed E-state index contributed by atoms with van der Waals surface area (Å²) < 4.78 is 0. The molecule has 2 aliphatic rings. The summed E-state index contributed by atoms with van der Waals surface area (Å²) in [6.45, 7) is 8.81. The molecule has 7 nitrogen and oxygen atoms in total. The van der Waals surface area contributed by atoms with Crippen LogP contribution in [-0.2, 0) is 12.8 Å². The highest BCUT2D eigenvalue weighted by atomic mass is 32.1. The number of hydrogen-bond acceptors (Lipinski definition) is 7. The second kappa shape index (κ2) is 13.2. The Labute approximate surface area is 244 Å². The Hall–Kier alpha value is -2.89. The van der Waals surface area contributed by atoms with Crippen LogP contribution in [0.3, 0.4) is 0 Å². The highest BCUT2D eigenvalue weighted by molar-refractivity contribution is 7.16. The fourth-order valence-corrected chi connectivity index (χ4v) is 7.27. The summed E-state index contributed by atoms with van der Waals surface area (Å²) in [6.07, 6.45) is 11.3. The van der Waals surface area contributed by atoms with Crippen LogP contribution in [0.1, 0.15) is 99.7 Å². The van der Waals surface area contributed by atoms with Crippen LogP contribution in [0.4, 0.5) is 5.00 Å². The second-order valence-electron chi connectivity index (χ2n) is 12.0. The molecule has 2 aromatic heterocycles. The molecule has 1 saturated carbocycles. The summed E-state index contributed by atoms with van der Waals surface area (Å²) in [5.74, 6) is 2.69. The molecule has 4 rings (SSSR count). The maximum atomic E-state index is 10.1. The second-order valence-corrected chi connectivity index (χ2v) is 13.1. The summed E-state index contributed by atoms with van der Waals surface area (Å²) in [7, 11) is 3.85. The fraction of sp³-hybridized carbons (Fsp3) is 0.594. The Bertz CT molecular complexity index is 1310. The highest BCUT2D eigenvalue weighted by Gasteiger charge is 2.43. The number of rotatable bonds is 12. The van der Waals surface area contributed by atoms with Crippen molar-refractivity contribution in [1.82, 2.24) is 14.9 Å². The molecule has 2 aliphatic carbocycles. The van der Waals surface area contributed by atoms with Gasteiger partial charge >= 0.3 is 0 Å². The topological polar surface area (TPSA) is 115 Å². The van der Waals surface area contributed by atoms with Crippen LogP contribution in [0.25, 0.3) is 5.57 Å². The van der Waals surface area contributed by atoms with E-state index in [2.05, 4.69) is 43.7 Å². The minimum absolute atomic E-state index is 0.0900. The number of aryl methyl sites for hydroxylation is 2. The standard InChI is InChI=1S/C32H45N7S/c1-7-9-22(20(3)26-14-15-36-28(38-26)13-12-19(2)16-24-21(4)30(24)34)31(35)23-10-8-11-27-29(23)25(17-33)32(40-27)37-18-39(5)6/h14-15,18-19,21,23-24,30,35H,7-13,16,34H2,1-6H3/b22-20+,35-31?,37-18+/t19?,21-,23?,24?,30?/m0/s1. The first-order valence-corrected chi connectivity index (χ1v) is 15.6. The number of nitriles is 1. The molecule has 0 bridgehead atoms. The number of nitrogens with two attached hydrogens (primary N) is 1. The predicted molar refractivity (Wildman–Crippen MR) is 167 cm³/mol. The molecule has 1 fully saturated rings. The third-order valence-corrected chi connectivity index (χ3v) is 9.83. The van der Waals surface area contributed by atoms with Gasteiger partial charge in [0.1, 0.15) is 16.9 Å². The Morgan fingerprint density at radius 2 is 2.15 bits per heavy atom. The SMILES string of the molecule is CCC/C(C(=N)C1CCCc2sc(/N=C/N(C)C)c(C#N)c21)=C(/C)c1ccnc(CCC(C)CC2C(N)[C@H]2C)n1. The summed E-state index contributed by atoms with van der Waals surface area (Å²) in [5.41, 5.74) is 11.4. The monoisotopic (exact) mass is 559 g/mol. The lowest BCUT2D eigenvalue weighted by atomic mass is 9.78. The molecule has 0 amide bonds. The molecule has 4 unspecified atom stereocenters. The van der Waals surface area contributed by atoms with Gasteiger partial charge in [0, 0.05) is 49.3 Å².